The molecule has 1 aliphatic carbocycles. The molecule has 12 heteroatoms. The van der Waals surface area contributed by atoms with E-state index in [2.05, 4.69) is 124 Å². The third kappa shape index (κ3) is 8.54. The highest BCUT2D eigenvalue weighted by Gasteiger charge is 2.45. The van der Waals surface area contributed by atoms with Gasteiger partial charge in [-0.2, -0.15) is 5.10 Å². The van der Waals surface area contributed by atoms with Crippen LogP contribution in [0, 0.1) is 12.8 Å². The molecule has 310 valence electrons. The highest BCUT2D eigenvalue weighted by molar-refractivity contribution is 6.77. The lowest BCUT2D eigenvalue weighted by molar-refractivity contribution is 0.171. The third-order valence-corrected chi connectivity index (χ3v) is 18.6. The van der Waals surface area contributed by atoms with Gasteiger partial charge in [0.2, 0.25) is 5.95 Å². The van der Waals surface area contributed by atoms with E-state index in [0.717, 1.165) is 90.8 Å². The number of nitrogens with one attached hydrogen (secondary N) is 2. The summed E-state index contributed by atoms with van der Waals surface area (Å²) in [4.78, 5) is 16.0. The fraction of sp³-hybridized carbons (Fsp3) is 0.522. The minimum Gasteiger partial charge on any atom is -0.484 e. The molecule has 0 bridgehead atoms. The van der Waals surface area contributed by atoms with Gasteiger partial charge in [0.05, 0.1) is 23.6 Å². The quantitative estimate of drug-likeness (QED) is 0.121. The van der Waals surface area contributed by atoms with Crippen LogP contribution in [0.4, 0.5) is 16.6 Å². The van der Waals surface area contributed by atoms with Crippen molar-refractivity contribution in [2.45, 2.75) is 129 Å². The Morgan fingerprint density at radius 2 is 1.53 bits per heavy atom. The van der Waals surface area contributed by atoms with Crippen LogP contribution in [0.15, 0.2) is 72.9 Å². The summed E-state index contributed by atoms with van der Waals surface area (Å²) in [7, 11) is -1.89. The van der Waals surface area contributed by atoms with Crippen molar-refractivity contribution in [2.75, 3.05) is 29.9 Å². The van der Waals surface area contributed by atoms with Gasteiger partial charge in [-0.15, -0.1) is 10.2 Å². The molecule has 7 rings (SSSR count). The number of hydrogen-bond donors (Lipinski definition) is 2. The lowest BCUT2D eigenvalue weighted by atomic mass is 9.85. The van der Waals surface area contributed by atoms with E-state index in [-0.39, 0.29) is 23.6 Å². The summed E-state index contributed by atoms with van der Waals surface area (Å²) in [5.74, 6) is 2.79. The second-order valence-corrected chi connectivity index (χ2v) is 24.0. The Bertz CT molecular complexity index is 2160. The van der Waals surface area contributed by atoms with Crippen molar-refractivity contribution in [1.29, 1.82) is 0 Å². The van der Waals surface area contributed by atoms with Gasteiger partial charge in [0.15, 0.2) is 14.0 Å². The first kappa shape index (κ1) is 41.5. The maximum atomic E-state index is 13.7. The summed E-state index contributed by atoms with van der Waals surface area (Å²) < 4.78 is 17.6. The van der Waals surface area contributed by atoms with Gasteiger partial charge >= 0.3 is 6.03 Å². The maximum Gasteiger partial charge on any atom is 0.320 e. The second-order valence-electron chi connectivity index (χ2n) is 18.5. The fourth-order valence-electron chi connectivity index (χ4n) is 9.42. The Hall–Kier alpha value is -4.68. The normalized spacial score (nSPS) is 18.0. The number of aryl methyl sites for hydroxylation is 1. The van der Waals surface area contributed by atoms with E-state index < -0.39 is 8.32 Å². The number of pyridine rings is 1. The van der Waals surface area contributed by atoms with Crippen molar-refractivity contribution < 1.29 is 14.0 Å². The van der Waals surface area contributed by atoms with Gasteiger partial charge in [-0.25, -0.2) is 9.48 Å². The molecule has 0 saturated carbocycles. The zero-order valence-electron chi connectivity index (χ0n) is 36.3. The minimum absolute atomic E-state index is 0.166. The average molecular weight is 805 g/mol. The number of urea groups is 1. The number of fused-ring (bicyclic) bond motifs is 2. The topological polar surface area (TPSA) is 111 Å². The van der Waals surface area contributed by atoms with Crippen LogP contribution < -0.4 is 20.3 Å². The van der Waals surface area contributed by atoms with Crippen LogP contribution in [-0.2, 0) is 9.84 Å². The van der Waals surface area contributed by atoms with E-state index in [1.54, 1.807) is 0 Å². The maximum absolute atomic E-state index is 13.7. The van der Waals surface area contributed by atoms with Crippen LogP contribution in [0.5, 0.6) is 5.75 Å². The fourth-order valence-corrected chi connectivity index (χ4v) is 14.9. The van der Waals surface area contributed by atoms with E-state index >= 15 is 0 Å². The van der Waals surface area contributed by atoms with Crippen LogP contribution in [0.3, 0.4) is 0 Å². The number of aromatic nitrogens is 5. The standard InChI is InChI=1S/C46H64N8O3Si/c1-30(2)58(31(3)4,32(5)6)56-29-34-23-25-52(26-24-34)45-50-49-42-22-19-36(28-53(42)45)57-40-21-20-39(37-13-11-12-14-38(37)40)47-44(55)48-43-27-41(46(8,9)10)51-54(43)35-17-15-33(7)16-18-35/h11-19,22,27-28,30-32,34,39-40H,20-21,23-26,29H2,1-10H3,(H2,47,48,55)/t39-,40+/m0/s1. The van der Waals surface area contributed by atoms with E-state index in [1.807, 2.05) is 53.3 Å². The Morgan fingerprint density at radius 3 is 2.19 bits per heavy atom. The van der Waals surface area contributed by atoms with Gasteiger partial charge in [-0.05, 0) is 90.5 Å². The average Bonchev–Trinajstić information content (AvgIpc) is 3.81. The molecule has 0 unspecified atom stereocenters. The Kier molecular flexibility index (Phi) is 12.1. The second kappa shape index (κ2) is 16.9. The number of piperidine rings is 1. The number of anilines is 2. The number of carbonyl (C=O) groups excluding carboxylic acids is 1. The molecular formula is C46H64N8O3Si. The molecule has 2 aliphatic rings. The van der Waals surface area contributed by atoms with Crippen LogP contribution in [-0.4, -0.2) is 58.4 Å². The number of ether oxygens (including phenoxy) is 1. The molecule has 2 atom stereocenters. The van der Waals surface area contributed by atoms with Gasteiger partial charge in [-0.3, -0.25) is 9.72 Å². The number of benzene rings is 2. The summed E-state index contributed by atoms with van der Waals surface area (Å²) >= 11 is 0. The molecule has 1 saturated heterocycles. The summed E-state index contributed by atoms with van der Waals surface area (Å²) in [6.45, 7) is 25.3. The zero-order valence-corrected chi connectivity index (χ0v) is 37.3. The Labute approximate surface area is 346 Å². The number of rotatable bonds is 12. The van der Waals surface area contributed by atoms with E-state index in [1.165, 1.54) is 0 Å². The molecule has 4 heterocycles. The first-order chi connectivity index (χ1) is 27.6. The van der Waals surface area contributed by atoms with Crippen LogP contribution in [0.1, 0.15) is 123 Å². The van der Waals surface area contributed by atoms with Crippen LogP contribution in [0.25, 0.3) is 11.3 Å². The molecule has 2 amide bonds. The molecule has 2 N–H and O–H groups in total. The SMILES string of the molecule is Cc1ccc(-n2nc(C(C)(C)C)cc2NC(=O)N[C@H]2CC[C@@H](Oc3ccc4nnc(N5CCC(CO[Si](C(C)C)(C(C)C)C(C)C)CC5)n4c3)c3ccccc32)cc1. The van der Waals surface area contributed by atoms with E-state index in [9.17, 15) is 4.79 Å². The molecule has 58 heavy (non-hydrogen) atoms. The van der Waals surface area contributed by atoms with Crippen molar-refractivity contribution in [3.05, 3.63) is 95.3 Å². The molecule has 1 aliphatic heterocycles. The number of hydrogen-bond acceptors (Lipinski definition) is 7. The predicted octanol–water partition coefficient (Wildman–Crippen LogP) is 10.7. The summed E-state index contributed by atoms with van der Waals surface area (Å²) in [5.41, 5.74) is 7.48. The first-order valence-electron chi connectivity index (χ1n) is 21.4. The number of amides is 2. The van der Waals surface area contributed by atoms with Gasteiger partial charge < -0.3 is 19.4 Å². The molecule has 5 aromatic rings. The summed E-state index contributed by atoms with van der Waals surface area (Å²) in [6.07, 6.45) is 5.48. The van der Waals surface area contributed by atoms with E-state index in [4.69, 9.17) is 14.3 Å². The summed E-state index contributed by atoms with van der Waals surface area (Å²) in [6, 6.07) is 21.9. The van der Waals surface area contributed by atoms with Gasteiger partial charge in [0.1, 0.15) is 17.7 Å². The summed E-state index contributed by atoms with van der Waals surface area (Å²) in [5, 5.41) is 20.4. The molecule has 0 radical (unpaired) electrons. The molecule has 3 aromatic heterocycles. The Morgan fingerprint density at radius 1 is 0.862 bits per heavy atom. The highest BCUT2D eigenvalue weighted by Crippen LogP contribution is 2.43. The monoisotopic (exact) mass is 804 g/mol. The molecule has 0 spiro atoms. The highest BCUT2D eigenvalue weighted by atomic mass is 28.4. The number of carbonyl (C=O) groups is 1. The third-order valence-electron chi connectivity index (χ3n) is 12.5. The van der Waals surface area contributed by atoms with Crippen molar-refractivity contribution in [3.63, 3.8) is 0 Å². The van der Waals surface area contributed by atoms with Crippen molar-refractivity contribution in [1.82, 2.24) is 29.7 Å². The van der Waals surface area contributed by atoms with Crippen LogP contribution in [0.2, 0.25) is 16.6 Å². The zero-order chi connectivity index (χ0) is 41.4. The largest absolute Gasteiger partial charge is 0.484 e. The van der Waals surface area contributed by atoms with Gasteiger partial charge in [-0.1, -0.05) is 104 Å². The van der Waals surface area contributed by atoms with E-state index in [0.29, 0.717) is 28.4 Å². The van der Waals surface area contributed by atoms with Crippen molar-refractivity contribution in [2.24, 2.45) is 5.92 Å². The molecule has 11 nitrogen and oxygen atoms in total. The first-order valence-corrected chi connectivity index (χ1v) is 23.5. The number of nitrogens with zero attached hydrogens (tertiary/aromatic N) is 6. The molecular weight excluding hydrogens is 741 g/mol. The lowest BCUT2D eigenvalue weighted by Gasteiger charge is -2.43. The molecule has 1 fully saturated rings. The predicted molar refractivity (Wildman–Crippen MR) is 236 cm³/mol. The minimum atomic E-state index is -1.89. The smallest absolute Gasteiger partial charge is 0.320 e. The van der Waals surface area contributed by atoms with Gasteiger partial charge in [0, 0.05) is 31.2 Å². The van der Waals surface area contributed by atoms with Crippen molar-refractivity contribution in [3.8, 4) is 11.4 Å². The van der Waals surface area contributed by atoms with Gasteiger partial charge in [0.25, 0.3) is 0 Å². The van der Waals surface area contributed by atoms with Crippen LogP contribution >= 0.6 is 0 Å². The van der Waals surface area contributed by atoms with Crippen molar-refractivity contribution >= 4 is 31.8 Å². The lowest BCUT2D eigenvalue weighted by Crippen LogP contribution is -2.49. The molecule has 2 aromatic carbocycles. The Balaban J connectivity index is 1.01.